The standard InChI is InChI=1S/C10H8N2O5/c1-7-8(3-2-4-13)5-9(11(14)15)6-10(7)12(16)17/h2-6H,1H3/b3-2+. The van der Waals surface area contributed by atoms with E-state index in [-0.39, 0.29) is 22.5 Å². The van der Waals surface area contributed by atoms with Gasteiger partial charge in [0.2, 0.25) is 0 Å². The first-order valence-electron chi connectivity index (χ1n) is 4.52. The van der Waals surface area contributed by atoms with E-state index < -0.39 is 9.85 Å². The van der Waals surface area contributed by atoms with Gasteiger partial charge in [0.05, 0.1) is 15.9 Å². The Balaban J connectivity index is 3.47. The molecule has 1 aromatic rings. The van der Waals surface area contributed by atoms with Gasteiger partial charge in [-0.2, -0.15) is 0 Å². The minimum absolute atomic E-state index is 0.276. The van der Waals surface area contributed by atoms with Crippen molar-refractivity contribution >= 4 is 23.7 Å². The molecule has 0 radical (unpaired) electrons. The molecule has 7 heteroatoms. The number of carbonyl (C=O) groups is 1. The number of hydrogen-bond acceptors (Lipinski definition) is 5. The van der Waals surface area contributed by atoms with Gasteiger partial charge in [0.15, 0.2) is 0 Å². The Morgan fingerprint density at radius 2 is 1.82 bits per heavy atom. The van der Waals surface area contributed by atoms with E-state index in [0.717, 1.165) is 12.1 Å². The van der Waals surface area contributed by atoms with Crippen molar-refractivity contribution in [3.8, 4) is 0 Å². The normalized spacial score (nSPS) is 10.4. The van der Waals surface area contributed by atoms with E-state index in [1.807, 2.05) is 0 Å². The first-order valence-corrected chi connectivity index (χ1v) is 4.52. The van der Waals surface area contributed by atoms with E-state index in [4.69, 9.17) is 0 Å². The minimum Gasteiger partial charge on any atom is -0.299 e. The monoisotopic (exact) mass is 236 g/mol. The molecule has 1 aromatic carbocycles. The van der Waals surface area contributed by atoms with E-state index in [9.17, 15) is 25.0 Å². The molecule has 0 aliphatic carbocycles. The maximum atomic E-state index is 10.7. The van der Waals surface area contributed by atoms with Crippen LogP contribution in [0.5, 0.6) is 0 Å². The topological polar surface area (TPSA) is 103 Å². The summed E-state index contributed by atoms with van der Waals surface area (Å²) in [5, 5.41) is 21.3. The number of rotatable bonds is 4. The zero-order valence-corrected chi connectivity index (χ0v) is 8.82. The summed E-state index contributed by atoms with van der Waals surface area (Å²) in [6, 6.07) is 2.08. The van der Waals surface area contributed by atoms with Gasteiger partial charge in [-0.15, -0.1) is 0 Å². The first kappa shape index (κ1) is 12.5. The summed E-state index contributed by atoms with van der Waals surface area (Å²) in [7, 11) is 0. The van der Waals surface area contributed by atoms with E-state index in [1.54, 1.807) is 0 Å². The van der Waals surface area contributed by atoms with E-state index in [0.29, 0.717) is 6.29 Å². The Hall–Kier alpha value is -2.57. The summed E-state index contributed by atoms with van der Waals surface area (Å²) < 4.78 is 0. The van der Waals surface area contributed by atoms with Crippen LogP contribution in [0, 0.1) is 27.2 Å². The van der Waals surface area contributed by atoms with Crippen molar-refractivity contribution < 1.29 is 14.6 Å². The lowest BCUT2D eigenvalue weighted by atomic mass is 10.1. The second kappa shape index (κ2) is 4.97. The average Bonchev–Trinajstić information content (AvgIpc) is 2.26. The molecule has 7 nitrogen and oxygen atoms in total. The number of nitro benzene ring substituents is 2. The lowest BCUT2D eigenvalue weighted by Crippen LogP contribution is -1.97. The van der Waals surface area contributed by atoms with E-state index in [2.05, 4.69) is 0 Å². The van der Waals surface area contributed by atoms with Gasteiger partial charge in [-0.05, 0) is 18.6 Å². The van der Waals surface area contributed by atoms with Gasteiger partial charge in [0.1, 0.15) is 6.29 Å². The zero-order valence-electron chi connectivity index (χ0n) is 8.82. The van der Waals surface area contributed by atoms with Crippen LogP contribution in [-0.2, 0) is 4.79 Å². The molecule has 0 spiro atoms. The molecule has 0 saturated heterocycles. The van der Waals surface area contributed by atoms with Crippen molar-refractivity contribution in [2.24, 2.45) is 0 Å². The third-order valence-electron chi connectivity index (χ3n) is 2.17. The Morgan fingerprint density at radius 3 is 2.29 bits per heavy atom. The van der Waals surface area contributed by atoms with Crippen LogP contribution in [0.4, 0.5) is 11.4 Å². The Labute approximate surface area is 95.7 Å². The van der Waals surface area contributed by atoms with Crippen molar-refractivity contribution in [1.82, 2.24) is 0 Å². The quantitative estimate of drug-likeness (QED) is 0.344. The SMILES string of the molecule is Cc1c(/C=C/C=O)cc([N+](=O)[O-])cc1[N+](=O)[O-]. The average molecular weight is 236 g/mol. The molecule has 1 rings (SSSR count). The Kier molecular flexibility index (Phi) is 3.66. The van der Waals surface area contributed by atoms with Gasteiger partial charge in [-0.1, -0.05) is 6.08 Å². The van der Waals surface area contributed by atoms with Gasteiger partial charge in [0, 0.05) is 11.6 Å². The van der Waals surface area contributed by atoms with Crippen LogP contribution < -0.4 is 0 Å². The summed E-state index contributed by atoms with van der Waals surface area (Å²) in [5.41, 5.74) is -0.172. The molecular weight excluding hydrogens is 228 g/mol. The van der Waals surface area contributed by atoms with Gasteiger partial charge in [-0.25, -0.2) is 0 Å². The predicted molar refractivity (Wildman–Crippen MR) is 59.6 cm³/mol. The third kappa shape index (κ3) is 2.71. The number of nitro groups is 2. The second-order valence-corrected chi connectivity index (χ2v) is 3.19. The number of non-ortho nitro benzene ring substituents is 1. The van der Waals surface area contributed by atoms with Crippen molar-refractivity contribution in [2.75, 3.05) is 0 Å². The molecule has 0 aromatic heterocycles. The predicted octanol–water partition coefficient (Wildman–Crippen LogP) is 2.02. The lowest BCUT2D eigenvalue weighted by Gasteiger charge is -2.01. The molecule has 0 aliphatic rings. The number of allylic oxidation sites excluding steroid dienone is 1. The summed E-state index contributed by atoms with van der Waals surface area (Å²) in [6.45, 7) is 1.46. The number of aldehydes is 1. The highest BCUT2D eigenvalue weighted by atomic mass is 16.6. The second-order valence-electron chi connectivity index (χ2n) is 3.19. The largest absolute Gasteiger partial charge is 0.299 e. The molecule has 0 saturated carbocycles. The van der Waals surface area contributed by atoms with Gasteiger partial charge in [0.25, 0.3) is 11.4 Å². The molecule has 0 aliphatic heterocycles. The fraction of sp³-hybridized carbons (Fsp3) is 0.100. The van der Waals surface area contributed by atoms with Crippen molar-refractivity contribution in [1.29, 1.82) is 0 Å². The smallest absolute Gasteiger partial charge is 0.279 e. The molecule has 0 fully saturated rings. The molecule has 0 amide bonds. The van der Waals surface area contributed by atoms with Crippen molar-refractivity contribution in [3.63, 3.8) is 0 Å². The fourth-order valence-corrected chi connectivity index (χ4v) is 1.32. The molecule has 0 N–H and O–H groups in total. The highest BCUT2D eigenvalue weighted by Crippen LogP contribution is 2.28. The van der Waals surface area contributed by atoms with E-state index >= 15 is 0 Å². The highest BCUT2D eigenvalue weighted by Gasteiger charge is 2.19. The lowest BCUT2D eigenvalue weighted by molar-refractivity contribution is -0.394. The number of nitrogens with zero attached hydrogens (tertiary/aromatic N) is 2. The Bertz CT molecular complexity index is 522. The van der Waals surface area contributed by atoms with Crippen LogP contribution in [0.15, 0.2) is 18.2 Å². The molecule has 0 atom stereocenters. The Morgan fingerprint density at radius 1 is 1.18 bits per heavy atom. The third-order valence-corrected chi connectivity index (χ3v) is 2.17. The van der Waals surface area contributed by atoms with Crippen LogP contribution in [0.25, 0.3) is 6.08 Å². The minimum atomic E-state index is -0.718. The number of hydrogen-bond donors (Lipinski definition) is 0. The maximum Gasteiger partial charge on any atom is 0.279 e. The van der Waals surface area contributed by atoms with Gasteiger partial charge < -0.3 is 0 Å². The maximum absolute atomic E-state index is 10.7. The number of carbonyl (C=O) groups excluding carboxylic acids is 1. The molecule has 0 unspecified atom stereocenters. The van der Waals surface area contributed by atoms with Crippen molar-refractivity contribution in [2.45, 2.75) is 6.92 Å². The van der Waals surface area contributed by atoms with Gasteiger partial charge >= 0.3 is 0 Å². The summed E-state index contributed by atoms with van der Waals surface area (Å²) in [5.74, 6) is 0. The molecule has 0 heterocycles. The molecular formula is C10H8N2O5. The van der Waals surface area contributed by atoms with Crippen LogP contribution in [-0.4, -0.2) is 16.1 Å². The summed E-state index contributed by atoms with van der Waals surface area (Å²) in [4.78, 5) is 30.1. The number of benzene rings is 1. The molecule has 0 bridgehead atoms. The molecule has 17 heavy (non-hydrogen) atoms. The molecule has 88 valence electrons. The zero-order chi connectivity index (χ0) is 13.0. The summed E-state index contributed by atoms with van der Waals surface area (Å²) in [6.07, 6.45) is 2.90. The van der Waals surface area contributed by atoms with E-state index in [1.165, 1.54) is 19.1 Å². The van der Waals surface area contributed by atoms with Crippen LogP contribution >= 0.6 is 0 Å². The highest BCUT2D eigenvalue weighted by molar-refractivity contribution is 5.76. The van der Waals surface area contributed by atoms with Gasteiger partial charge in [-0.3, -0.25) is 25.0 Å². The van der Waals surface area contributed by atoms with Crippen molar-refractivity contribution in [3.05, 3.63) is 49.6 Å². The fourth-order valence-electron chi connectivity index (χ4n) is 1.32. The van der Waals surface area contributed by atoms with Crippen LogP contribution in [0.3, 0.4) is 0 Å². The first-order chi connectivity index (χ1) is 7.97. The van der Waals surface area contributed by atoms with Crippen LogP contribution in [0.2, 0.25) is 0 Å². The van der Waals surface area contributed by atoms with Crippen LogP contribution in [0.1, 0.15) is 11.1 Å². The summed E-state index contributed by atoms with van der Waals surface area (Å²) >= 11 is 0.